The normalized spacial score (nSPS) is 13.2. The molecule has 2 atom stereocenters. The molecule has 0 saturated heterocycles. The molecule has 0 saturated carbocycles. The summed E-state index contributed by atoms with van der Waals surface area (Å²) in [5.41, 5.74) is 0.298. The third kappa shape index (κ3) is 8.72. The van der Waals surface area contributed by atoms with E-state index in [1.807, 2.05) is 13.8 Å². The molecule has 0 fully saturated rings. The van der Waals surface area contributed by atoms with E-state index in [2.05, 4.69) is 15.6 Å². The summed E-state index contributed by atoms with van der Waals surface area (Å²) in [6.07, 6.45) is 0.000433. The van der Waals surface area contributed by atoms with Gasteiger partial charge in [-0.1, -0.05) is 13.8 Å². The average molecular weight is 520 g/mol. The number of imidazole rings is 1. The first-order valence-corrected chi connectivity index (χ1v) is 12.3. The third-order valence-corrected chi connectivity index (χ3v) is 5.43. The third-order valence-electron chi connectivity index (χ3n) is 5.43. The van der Waals surface area contributed by atoms with E-state index in [9.17, 15) is 24.5 Å². The number of nitrogens with one attached hydrogen (secondary N) is 2. The summed E-state index contributed by atoms with van der Waals surface area (Å²) in [5.74, 6) is -0.420. The number of nitro benzene ring substituents is 1. The van der Waals surface area contributed by atoms with Gasteiger partial charge in [-0.25, -0.2) is 14.6 Å². The Kier molecular flexibility index (Phi) is 9.98. The van der Waals surface area contributed by atoms with Gasteiger partial charge in [-0.15, -0.1) is 0 Å². The van der Waals surface area contributed by atoms with Crippen LogP contribution < -0.4 is 10.6 Å². The quantitative estimate of drug-likeness (QED) is 0.260. The first-order valence-electron chi connectivity index (χ1n) is 12.3. The van der Waals surface area contributed by atoms with Gasteiger partial charge in [0.1, 0.15) is 23.5 Å². The lowest BCUT2D eigenvalue weighted by molar-refractivity contribution is -0.384. The molecule has 0 aliphatic carbocycles. The number of aryl methyl sites for hydroxylation is 2. The number of ether oxygens (including phenoxy) is 2. The molecule has 12 heteroatoms. The van der Waals surface area contributed by atoms with Gasteiger partial charge in [-0.3, -0.25) is 14.9 Å². The number of alkyl carbamates (subject to hydrolysis) is 1. The van der Waals surface area contributed by atoms with Crippen LogP contribution in [0.4, 0.5) is 10.5 Å². The predicted octanol–water partition coefficient (Wildman–Crippen LogP) is 3.40. The number of rotatable bonds is 11. The minimum Gasteiger partial charge on any atom is -0.464 e. The fraction of sp³-hybridized carbons (Fsp3) is 0.600. The van der Waals surface area contributed by atoms with E-state index in [1.54, 1.807) is 45.4 Å². The highest BCUT2D eigenvalue weighted by Gasteiger charge is 2.30. The van der Waals surface area contributed by atoms with Gasteiger partial charge in [0.05, 0.1) is 22.6 Å². The number of carbonyl (C=O) groups excluding carboxylic acids is 3. The number of fused-ring (bicyclic) bond motifs is 1. The molecule has 204 valence electrons. The monoisotopic (exact) mass is 519 g/mol. The van der Waals surface area contributed by atoms with Crippen molar-refractivity contribution < 1.29 is 28.8 Å². The zero-order valence-corrected chi connectivity index (χ0v) is 22.5. The number of benzene rings is 1. The van der Waals surface area contributed by atoms with E-state index in [0.29, 0.717) is 23.3 Å². The minimum absolute atomic E-state index is 0.0730. The van der Waals surface area contributed by atoms with Crippen LogP contribution in [0.15, 0.2) is 18.2 Å². The lowest BCUT2D eigenvalue weighted by Crippen LogP contribution is -2.53. The van der Waals surface area contributed by atoms with Crippen LogP contribution in [0, 0.1) is 16.0 Å². The molecule has 0 unspecified atom stereocenters. The Balaban J connectivity index is 2.27. The van der Waals surface area contributed by atoms with Crippen molar-refractivity contribution in [3.8, 4) is 0 Å². The van der Waals surface area contributed by atoms with Crippen LogP contribution in [0.25, 0.3) is 11.0 Å². The number of hydrogen-bond acceptors (Lipinski definition) is 8. The van der Waals surface area contributed by atoms with Crippen molar-refractivity contribution in [3.05, 3.63) is 34.1 Å². The van der Waals surface area contributed by atoms with Gasteiger partial charge in [-0.2, -0.15) is 0 Å². The first kappa shape index (κ1) is 29.5. The minimum atomic E-state index is -1.03. The molecular weight excluding hydrogens is 482 g/mol. The zero-order valence-electron chi connectivity index (χ0n) is 22.5. The van der Waals surface area contributed by atoms with Gasteiger partial charge in [0, 0.05) is 25.6 Å². The van der Waals surface area contributed by atoms with Gasteiger partial charge in [0.15, 0.2) is 0 Å². The molecule has 0 spiro atoms. The van der Waals surface area contributed by atoms with Crippen molar-refractivity contribution in [1.29, 1.82) is 0 Å². The summed E-state index contributed by atoms with van der Waals surface area (Å²) in [4.78, 5) is 53.3. The summed E-state index contributed by atoms with van der Waals surface area (Å²) >= 11 is 0. The number of aromatic nitrogens is 2. The number of hydrogen-bond donors (Lipinski definition) is 2. The fourth-order valence-corrected chi connectivity index (χ4v) is 3.77. The van der Waals surface area contributed by atoms with E-state index in [0.717, 1.165) is 0 Å². The van der Waals surface area contributed by atoms with Gasteiger partial charge < -0.3 is 24.7 Å². The first-order chi connectivity index (χ1) is 17.2. The molecule has 0 aliphatic rings. The molecular formula is C25H37N5O7. The molecule has 0 bridgehead atoms. The van der Waals surface area contributed by atoms with Crippen LogP contribution in [-0.2, 0) is 32.5 Å². The van der Waals surface area contributed by atoms with Crippen molar-refractivity contribution in [2.24, 2.45) is 13.0 Å². The molecule has 37 heavy (non-hydrogen) atoms. The maximum absolute atomic E-state index is 13.3. The number of carbonyl (C=O) groups is 3. The molecule has 2 aromatic rings. The van der Waals surface area contributed by atoms with Crippen LogP contribution in [0.5, 0.6) is 0 Å². The zero-order chi connectivity index (χ0) is 27.9. The summed E-state index contributed by atoms with van der Waals surface area (Å²) in [6.45, 7) is 10.8. The second kappa shape index (κ2) is 12.5. The maximum atomic E-state index is 13.3. The maximum Gasteiger partial charge on any atom is 0.408 e. The van der Waals surface area contributed by atoms with Crippen LogP contribution in [0.1, 0.15) is 60.2 Å². The van der Waals surface area contributed by atoms with Crippen molar-refractivity contribution in [3.63, 3.8) is 0 Å². The Hall–Kier alpha value is -3.70. The number of amides is 2. The van der Waals surface area contributed by atoms with Crippen LogP contribution >= 0.6 is 0 Å². The Morgan fingerprint density at radius 3 is 2.41 bits per heavy atom. The van der Waals surface area contributed by atoms with E-state index in [-0.39, 0.29) is 31.1 Å². The predicted molar refractivity (Wildman–Crippen MR) is 137 cm³/mol. The second-order valence-corrected chi connectivity index (χ2v) is 10.2. The summed E-state index contributed by atoms with van der Waals surface area (Å²) < 4.78 is 12.2. The molecule has 12 nitrogen and oxygen atoms in total. The lowest BCUT2D eigenvalue weighted by Gasteiger charge is -2.25. The SMILES string of the molecule is CCOC(=O)[C@@H](CC(C)C)NC(=O)[C@H](CCc1nc2cc([N+](=O)[O-])ccc2n1C)NC(=O)OC(C)(C)C. The van der Waals surface area contributed by atoms with E-state index < -0.39 is 40.6 Å². The molecule has 2 amide bonds. The fourth-order valence-electron chi connectivity index (χ4n) is 3.77. The second-order valence-electron chi connectivity index (χ2n) is 10.2. The number of nitrogens with zero attached hydrogens (tertiary/aromatic N) is 3. The number of non-ortho nitro benzene ring substituents is 1. The molecule has 1 heterocycles. The highest BCUT2D eigenvalue weighted by Crippen LogP contribution is 2.22. The van der Waals surface area contributed by atoms with Gasteiger partial charge in [0.25, 0.3) is 5.69 Å². The van der Waals surface area contributed by atoms with Crippen molar-refractivity contribution in [2.75, 3.05) is 6.61 Å². The summed E-state index contributed by atoms with van der Waals surface area (Å²) in [6, 6.07) is 2.50. The molecule has 2 N–H and O–H groups in total. The van der Waals surface area contributed by atoms with E-state index in [1.165, 1.54) is 12.1 Å². The van der Waals surface area contributed by atoms with Crippen molar-refractivity contribution >= 4 is 34.7 Å². The lowest BCUT2D eigenvalue weighted by atomic mass is 10.0. The molecule has 0 radical (unpaired) electrons. The van der Waals surface area contributed by atoms with Gasteiger partial charge in [-0.05, 0) is 52.5 Å². The number of esters is 1. The van der Waals surface area contributed by atoms with Crippen LogP contribution in [0.2, 0.25) is 0 Å². The van der Waals surface area contributed by atoms with Gasteiger partial charge in [0.2, 0.25) is 5.91 Å². The highest BCUT2D eigenvalue weighted by molar-refractivity contribution is 5.89. The molecule has 0 aliphatic heterocycles. The highest BCUT2D eigenvalue weighted by atomic mass is 16.6. The number of nitro groups is 1. The van der Waals surface area contributed by atoms with Crippen molar-refractivity contribution in [1.82, 2.24) is 20.2 Å². The molecule has 2 rings (SSSR count). The summed E-state index contributed by atoms with van der Waals surface area (Å²) in [5, 5.41) is 16.4. The Labute approximate surface area is 216 Å². The summed E-state index contributed by atoms with van der Waals surface area (Å²) in [7, 11) is 1.77. The van der Waals surface area contributed by atoms with E-state index >= 15 is 0 Å². The molecule has 1 aromatic carbocycles. The Morgan fingerprint density at radius 1 is 1.16 bits per heavy atom. The van der Waals surface area contributed by atoms with Crippen molar-refractivity contribution in [2.45, 2.75) is 78.5 Å². The smallest absolute Gasteiger partial charge is 0.408 e. The topological polar surface area (TPSA) is 155 Å². The van der Waals surface area contributed by atoms with E-state index in [4.69, 9.17) is 9.47 Å². The Bertz CT molecular complexity index is 1140. The Morgan fingerprint density at radius 2 is 1.84 bits per heavy atom. The average Bonchev–Trinajstić information content (AvgIpc) is 3.09. The van der Waals surface area contributed by atoms with Crippen LogP contribution in [0.3, 0.4) is 0 Å². The molecule has 1 aromatic heterocycles. The van der Waals surface area contributed by atoms with Gasteiger partial charge >= 0.3 is 12.1 Å². The standard InChI is InChI=1S/C25H37N5O7/c1-8-36-23(32)19(13-15(2)3)27-22(31)17(28-24(33)37-25(4,5)6)10-12-21-26-18-14-16(30(34)35)9-11-20(18)29(21)7/h9,11,14-15,17,19H,8,10,12-13H2,1-7H3,(H,27,31)(H,28,33)/t17-,19+/m0/s1. The van der Waals surface area contributed by atoms with Crippen LogP contribution in [-0.4, -0.2) is 56.7 Å². The largest absolute Gasteiger partial charge is 0.464 e.